The summed E-state index contributed by atoms with van der Waals surface area (Å²) in [6.45, 7) is 4.96. The van der Waals surface area contributed by atoms with E-state index in [1.165, 1.54) is 11.3 Å². The van der Waals surface area contributed by atoms with Crippen molar-refractivity contribution in [3.8, 4) is 0 Å². The van der Waals surface area contributed by atoms with Crippen LogP contribution < -0.4 is 5.73 Å². The second-order valence-electron chi connectivity index (χ2n) is 5.07. The molecule has 0 radical (unpaired) electrons. The highest BCUT2D eigenvalue weighted by Crippen LogP contribution is 2.29. The molecule has 0 spiro atoms. The van der Waals surface area contributed by atoms with Crippen molar-refractivity contribution < 1.29 is 9.53 Å². The predicted octanol–water partition coefficient (Wildman–Crippen LogP) is 2.79. The van der Waals surface area contributed by atoms with E-state index in [-0.39, 0.29) is 12.0 Å². The van der Waals surface area contributed by atoms with E-state index in [9.17, 15) is 4.79 Å². The lowest BCUT2D eigenvalue weighted by Gasteiger charge is -2.31. The van der Waals surface area contributed by atoms with Crippen molar-refractivity contribution in [2.24, 2.45) is 5.73 Å². The first-order valence-corrected chi connectivity index (χ1v) is 8.59. The Morgan fingerprint density at radius 1 is 1.55 bits per heavy atom. The molecule has 2 rings (SSSR count). The maximum absolute atomic E-state index is 12.4. The fourth-order valence-corrected chi connectivity index (χ4v) is 3.78. The maximum Gasteiger partial charge on any atom is 0.263 e. The molecule has 1 saturated heterocycles. The number of piperidine rings is 1. The number of carbonyl (C=O) groups is 1. The van der Waals surface area contributed by atoms with E-state index in [0.717, 1.165) is 53.2 Å². The summed E-state index contributed by atoms with van der Waals surface area (Å²) >= 11 is 4.98. The zero-order valence-electron chi connectivity index (χ0n) is 11.7. The molecule has 1 aliphatic heterocycles. The first kappa shape index (κ1) is 15.9. The summed E-state index contributed by atoms with van der Waals surface area (Å²) in [7, 11) is 0. The molecule has 0 aromatic carbocycles. The van der Waals surface area contributed by atoms with E-state index in [2.05, 4.69) is 15.9 Å². The monoisotopic (exact) mass is 360 g/mol. The van der Waals surface area contributed by atoms with Gasteiger partial charge in [0, 0.05) is 19.7 Å². The molecule has 1 aliphatic rings. The Morgan fingerprint density at radius 2 is 2.25 bits per heavy atom. The van der Waals surface area contributed by atoms with Crippen LogP contribution in [0.1, 0.15) is 34.5 Å². The highest BCUT2D eigenvalue weighted by atomic mass is 79.9. The van der Waals surface area contributed by atoms with Gasteiger partial charge in [-0.25, -0.2) is 0 Å². The van der Waals surface area contributed by atoms with Gasteiger partial charge < -0.3 is 15.4 Å². The van der Waals surface area contributed by atoms with Crippen LogP contribution in [-0.2, 0) is 4.74 Å². The number of thiophene rings is 1. The van der Waals surface area contributed by atoms with Crippen LogP contribution in [0, 0.1) is 6.92 Å². The van der Waals surface area contributed by atoms with Gasteiger partial charge in [-0.05, 0) is 60.3 Å². The van der Waals surface area contributed by atoms with Crippen molar-refractivity contribution in [2.45, 2.75) is 32.3 Å². The van der Waals surface area contributed by atoms with Crippen molar-refractivity contribution in [1.29, 1.82) is 0 Å². The Balaban J connectivity index is 1.82. The molecule has 0 bridgehead atoms. The number of rotatable bonds is 5. The summed E-state index contributed by atoms with van der Waals surface area (Å²) in [6, 6.07) is 1.96. The Hall–Kier alpha value is -0.430. The van der Waals surface area contributed by atoms with Gasteiger partial charge in [-0.1, -0.05) is 0 Å². The first-order valence-electron chi connectivity index (χ1n) is 6.98. The molecule has 6 heteroatoms. The largest absolute Gasteiger partial charge is 0.378 e. The van der Waals surface area contributed by atoms with E-state index in [1.54, 1.807) is 0 Å². The Labute approximate surface area is 132 Å². The van der Waals surface area contributed by atoms with Crippen LogP contribution in [0.25, 0.3) is 0 Å². The minimum absolute atomic E-state index is 0.143. The third-order valence-corrected chi connectivity index (χ3v) is 5.62. The number of halogens is 1. The Morgan fingerprint density at radius 3 is 2.80 bits per heavy atom. The second-order valence-corrected chi connectivity index (χ2v) is 7.44. The number of hydrogen-bond donors (Lipinski definition) is 1. The van der Waals surface area contributed by atoms with E-state index >= 15 is 0 Å². The van der Waals surface area contributed by atoms with Crippen LogP contribution in [0.5, 0.6) is 0 Å². The van der Waals surface area contributed by atoms with Gasteiger partial charge in [-0.3, -0.25) is 4.79 Å². The van der Waals surface area contributed by atoms with Gasteiger partial charge in [-0.2, -0.15) is 0 Å². The van der Waals surface area contributed by atoms with Gasteiger partial charge in [0.05, 0.1) is 14.8 Å². The highest BCUT2D eigenvalue weighted by molar-refractivity contribution is 9.11. The van der Waals surface area contributed by atoms with Crippen molar-refractivity contribution in [1.82, 2.24) is 4.90 Å². The first-order chi connectivity index (χ1) is 9.61. The highest BCUT2D eigenvalue weighted by Gasteiger charge is 2.25. The zero-order valence-corrected chi connectivity index (χ0v) is 14.1. The Bertz CT molecular complexity index is 437. The molecule has 112 valence electrons. The maximum atomic E-state index is 12.4. The van der Waals surface area contributed by atoms with Gasteiger partial charge in [0.1, 0.15) is 0 Å². The van der Waals surface area contributed by atoms with Crippen LogP contribution in [0.3, 0.4) is 0 Å². The van der Waals surface area contributed by atoms with Crippen molar-refractivity contribution in [3.05, 3.63) is 20.3 Å². The molecule has 1 fully saturated rings. The smallest absolute Gasteiger partial charge is 0.263 e. The third kappa shape index (κ3) is 4.04. The summed E-state index contributed by atoms with van der Waals surface area (Å²) in [5, 5.41) is 0. The van der Waals surface area contributed by atoms with Crippen LogP contribution in [0.4, 0.5) is 0 Å². The molecule has 0 unspecified atom stereocenters. The molecule has 2 N–H and O–H groups in total. The quantitative estimate of drug-likeness (QED) is 0.821. The number of nitrogens with zero attached hydrogens (tertiary/aromatic N) is 1. The van der Waals surface area contributed by atoms with Crippen molar-refractivity contribution >= 4 is 33.2 Å². The fraction of sp³-hybridized carbons (Fsp3) is 0.643. The number of ether oxygens (including phenoxy) is 1. The van der Waals surface area contributed by atoms with Gasteiger partial charge in [0.2, 0.25) is 0 Å². The molecular weight excluding hydrogens is 340 g/mol. The van der Waals surface area contributed by atoms with Crippen molar-refractivity contribution in [3.63, 3.8) is 0 Å². The summed E-state index contributed by atoms with van der Waals surface area (Å²) in [5.74, 6) is 0.143. The number of hydrogen-bond acceptors (Lipinski definition) is 4. The van der Waals surface area contributed by atoms with E-state index < -0.39 is 0 Å². The molecule has 1 amide bonds. The minimum Gasteiger partial charge on any atom is -0.378 e. The molecular formula is C14H21BrN2O2S. The lowest BCUT2D eigenvalue weighted by Crippen LogP contribution is -2.40. The zero-order chi connectivity index (χ0) is 14.5. The predicted molar refractivity (Wildman–Crippen MR) is 85.3 cm³/mol. The van der Waals surface area contributed by atoms with E-state index in [0.29, 0.717) is 6.54 Å². The van der Waals surface area contributed by atoms with E-state index in [1.807, 2.05) is 17.9 Å². The van der Waals surface area contributed by atoms with Crippen LogP contribution in [-0.4, -0.2) is 43.2 Å². The molecule has 1 aromatic heterocycles. The van der Waals surface area contributed by atoms with Gasteiger partial charge in [0.15, 0.2) is 0 Å². The van der Waals surface area contributed by atoms with Gasteiger partial charge >= 0.3 is 0 Å². The molecule has 1 aromatic rings. The number of nitrogens with two attached hydrogens (primary N) is 1. The van der Waals surface area contributed by atoms with Crippen molar-refractivity contribution in [2.75, 3.05) is 26.2 Å². The SMILES string of the molecule is Cc1cc(C(=O)N2CCC(OCCCN)CC2)sc1Br. The summed E-state index contributed by atoms with van der Waals surface area (Å²) in [6.07, 6.45) is 3.02. The second kappa shape index (κ2) is 7.54. The molecule has 20 heavy (non-hydrogen) atoms. The Kier molecular flexibility index (Phi) is 6.01. The van der Waals surface area contributed by atoms with Gasteiger partial charge in [0.25, 0.3) is 5.91 Å². The van der Waals surface area contributed by atoms with Crippen LogP contribution in [0.15, 0.2) is 9.85 Å². The fourth-order valence-electron chi connectivity index (χ4n) is 2.28. The van der Waals surface area contributed by atoms with Crippen LogP contribution in [0.2, 0.25) is 0 Å². The topological polar surface area (TPSA) is 55.6 Å². The third-order valence-electron chi connectivity index (χ3n) is 3.50. The van der Waals surface area contributed by atoms with Crippen LogP contribution >= 0.6 is 27.3 Å². The minimum atomic E-state index is 0.143. The molecule has 4 nitrogen and oxygen atoms in total. The standard InChI is InChI=1S/C14H21BrN2O2S/c1-10-9-12(20-13(10)15)14(18)17-6-3-11(4-7-17)19-8-2-5-16/h9,11H,2-8,16H2,1H3. The average molecular weight is 361 g/mol. The van der Waals surface area contributed by atoms with Gasteiger partial charge in [-0.15, -0.1) is 11.3 Å². The lowest BCUT2D eigenvalue weighted by molar-refractivity contribution is 0.00858. The number of aryl methyl sites for hydroxylation is 1. The normalized spacial score (nSPS) is 16.6. The lowest BCUT2D eigenvalue weighted by atomic mass is 10.1. The van der Waals surface area contributed by atoms with E-state index in [4.69, 9.17) is 10.5 Å². The summed E-state index contributed by atoms with van der Waals surface area (Å²) < 4.78 is 6.80. The average Bonchev–Trinajstić information content (AvgIpc) is 2.79. The number of amides is 1. The molecule has 2 heterocycles. The molecule has 0 saturated carbocycles. The number of likely N-dealkylation sites (tertiary alicyclic amines) is 1. The molecule has 0 atom stereocenters. The molecule has 0 aliphatic carbocycles. The summed E-state index contributed by atoms with van der Waals surface area (Å²) in [5.41, 5.74) is 6.57. The summed E-state index contributed by atoms with van der Waals surface area (Å²) in [4.78, 5) is 15.1. The number of carbonyl (C=O) groups excluding carboxylic acids is 1.